The van der Waals surface area contributed by atoms with Crippen molar-refractivity contribution in [2.45, 2.75) is 39.3 Å². The normalized spacial score (nSPS) is 18.3. The molecule has 1 unspecified atom stereocenters. The second-order valence-electron chi connectivity index (χ2n) is 5.32. The summed E-state index contributed by atoms with van der Waals surface area (Å²) < 4.78 is 30.9. The van der Waals surface area contributed by atoms with Crippen molar-refractivity contribution in [2.75, 3.05) is 13.2 Å². The lowest BCUT2D eigenvalue weighted by Crippen LogP contribution is -2.32. The minimum Gasteiger partial charge on any atom is -0.462 e. The first-order chi connectivity index (χ1) is 11.0. The first-order valence-corrected chi connectivity index (χ1v) is 7.54. The first kappa shape index (κ1) is 15.7. The number of rotatable bonds is 3. The Labute approximate surface area is 131 Å². The quantitative estimate of drug-likeness (QED) is 0.806. The van der Waals surface area contributed by atoms with Crippen LogP contribution in [0.1, 0.15) is 48.5 Å². The highest BCUT2D eigenvalue weighted by atomic mass is 19.1. The summed E-state index contributed by atoms with van der Waals surface area (Å²) in [4.78, 5) is 24.8. The Morgan fingerprint density at radius 1 is 1.48 bits per heavy atom. The monoisotopic (exact) mass is 324 g/mol. The Kier molecular flexibility index (Phi) is 4.16. The number of esters is 1. The average molecular weight is 324 g/mol. The molecular weight excluding hydrogens is 307 g/mol. The van der Waals surface area contributed by atoms with Gasteiger partial charge in [-0.15, -0.1) is 5.10 Å². The van der Waals surface area contributed by atoms with Gasteiger partial charge in [0.1, 0.15) is 16.7 Å². The summed E-state index contributed by atoms with van der Waals surface area (Å²) >= 11 is 0. The van der Waals surface area contributed by atoms with Crippen molar-refractivity contribution in [1.82, 2.24) is 9.78 Å². The number of carbonyl (C=O) groups is 1. The van der Waals surface area contributed by atoms with Crippen molar-refractivity contribution in [3.8, 4) is 0 Å². The zero-order valence-corrected chi connectivity index (χ0v) is 12.9. The van der Waals surface area contributed by atoms with Gasteiger partial charge >= 0.3 is 5.97 Å². The molecular formula is C15H17FN2O5. The number of halogens is 1. The summed E-state index contributed by atoms with van der Waals surface area (Å²) in [7, 11) is 0. The lowest BCUT2D eigenvalue weighted by atomic mass is 10.1. The van der Waals surface area contributed by atoms with Gasteiger partial charge in [0.05, 0.1) is 6.61 Å². The highest BCUT2D eigenvalue weighted by Crippen LogP contribution is 2.27. The number of furan rings is 1. The SMILES string of the molecule is CCOC(=O)c1c(C)oc2c(F)nn(C3CCCCO3)c(=O)c12. The van der Waals surface area contributed by atoms with E-state index in [9.17, 15) is 14.0 Å². The fourth-order valence-electron chi connectivity index (χ4n) is 2.75. The fraction of sp³-hybridized carbons (Fsp3) is 0.533. The summed E-state index contributed by atoms with van der Waals surface area (Å²) in [6.45, 7) is 3.74. The van der Waals surface area contributed by atoms with Crippen LogP contribution in [-0.4, -0.2) is 29.0 Å². The van der Waals surface area contributed by atoms with Gasteiger partial charge in [-0.1, -0.05) is 0 Å². The van der Waals surface area contributed by atoms with Gasteiger partial charge in [-0.25, -0.2) is 4.79 Å². The van der Waals surface area contributed by atoms with Crippen LogP contribution in [-0.2, 0) is 9.47 Å². The molecule has 3 rings (SSSR count). The third kappa shape index (κ3) is 2.63. The van der Waals surface area contributed by atoms with Gasteiger partial charge in [0.25, 0.3) is 11.5 Å². The van der Waals surface area contributed by atoms with E-state index in [-0.39, 0.29) is 28.9 Å². The Morgan fingerprint density at radius 3 is 2.91 bits per heavy atom. The molecule has 3 heterocycles. The Bertz CT molecular complexity index is 804. The smallest absolute Gasteiger partial charge is 0.342 e. The number of hydrogen-bond acceptors (Lipinski definition) is 6. The molecule has 1 fully saturated rings. The largest absolute Gasteiger partial charge is 0.462 e. The van der Waals surface area contributed by atoms with Gasteiger partial charge in [-0.2, -0.15) is 9.07 Å². The second kappa shape index (κ2) is 6.11. The van der Waals surface area contributed by atoms with Crippen LogP contribution >= 0.6 is 0 Å². The summed E-state index contributed by atoms with van der Waals surface area (Å²) in [5.41, 5.74) is -1.01. The highest BCUT2D eigenvalue weighted by Gasteiger charge is 2.29. The van der Waals surface area contributed by atoms with E-state index in [4.69, 9.17) is 13.9 Å². The molecule has 0 saturated carbocycles. The van der Waals surface area contributed by atoms with E-state index >= 15 is 0 Å². The van der Waals surface area contributed by atoms with Crippen molar-refractivity contribution < 1.29 is 23.1 Å². The third-order valence-electron chi connectivity index (χ3n) is 3.80. The van der Waals surface area contributed by atoms with E-state index in [2.05, 4.69) is 5.10 Å². The van der Waals surface area contributed by atoms with Crippen molar-refractivity contribution in [3.63, 3.8) is 0 Å². The van der Waals surface area contributed by atoms with Crippen LogP contribution in [0.5, 0.6) is 0 Å². The number of aromatic nitrogens is 2. The molecule has 0 amide bonds. The predicted molar refractivity (Wildman–Crippen MR) is 77.8 cm³/mol. The Hall–Kier alpha value is -2.22. The lowest BCUT2D eigenvalue weighted by Gasteiger charge is -2.23. The van der Waals surface area contributed by atoms with Crippen LogP contribution in [0.25, 0.3) is 11.0 Å². The van der Waals surface area contributed by atoms with E-state index in [0.717, 1.165) is 17.5 Å². The zero-order chi connectivity index (χ0) is 16.6. The van der Waals surface area contributed by atoms with Crippen LogP contribution in [0.4, 0.5) is 4.39 Å². The zero-order valence-electron chi connectivity index (χ0n) is 12.9. The molecule has 23 heavy (non-hydrogen) atoms. The van der Waals surface area contributed by atoms with Crippen molar-refractivity contribution in [2.24, 2.45) is 0 Å². The maximum Gasteiger partial charge on any atom is 0.342 e. The van der Waals surface area contributed by atoms with Gasteiger partial charge in [-0.3, -0.25) is 4.79 Å². The molecule has 7 nitrogen and oxygen atoms in total. The molecule has 124 valence electrons. The maximum atomic E-state index is 14.3. The number of aryl methyl sites for hydroxylation is 1. The summed E-state index contributed by atoms with van der Waals surface area (Å²) in [6, 6.07) is 0. The maximum absolute atomic E-state index is 14.3. The molecule has 2 aromatic heterocycles. The van der Waals surface area contributed by atoms with E-state index in [1.807, 2.05) is 0 Å². The standard InChI is InChI=1S/C15H17FN2O5/c1-3-21-15(20)10-8(2)23-12-11(10)14(19)18(17-13(12)16)9-6-4-5-7-22-9/h9H,3-7H2,1-2H3. The van der Waals surface area contributed by atoms with Gasteiger partial charge in [0.15, 0.2) is 11.8 Å². The molecule has 0 N–H and O–H groups in total. The average Bonchev–Trinajstić information content (AvgIpc) is 2.90. The molecule has 0 aliphatic carbocycles. The van der Waals surface area contributed by atoms with Crippen molar-refractivity contribution in [3.05, 3.63) is 27.6 Å². The number of fused-ring (bicyclic) bond motifs is 1. The van der Waals surface area contributed by atoms with Gasteiger partial charge < -0.3 is 13.9 Å². The van der Waals surface area contributed by atoms with E-state index in [1.165, 1.54) is 6.92 Å². The van der Waals surface area contributed by atoms with E-state index in [1.54, 1.807) is 6.92 Å². The first-order valence-electron chi connectivity index (χ1n) is 7.54. The van der Waals surface area contributed by atoms with Crippen LogP contribution in [0.15, 0.2) is 9.21 Å². The molecule has 0 spiro atoms. The Balaban J connectivity index is 2.22. The molecule has 1 saturated heterocycles. The molecule has 0 aromatic carbocycles. The van der Waals surface area contributed by atoms with Crippen molar-refractivity contribution >= 4 is 16.9 Å². The topological polar surface area (TPSA) is 83.6 Å². The van der Waals surface area contributed by atoms with Crippen LogP contribution < -0.4 is 5.56 Å². The molecule has 0 bridgehead atoms. The summed E-state index contributed by atoms with van der Waals surface area (Å²) in [5, 5.41) is 3.50. The van der Waals surface area contributed by atoms with Crippen LogP contribution in [0.2, 0.25) is 0 Å². The fourth-order valence-corrected chi connectivity index (χ4v) is 2.75. The summed E-state index contributed by atoms with van der Waals surface area (Å²) in [6.07, 6.45) is 1.66. The van der Waals surface area contributed by atoms with Crippen LogP contribution in [0.3, 0.4) is 0 Å². The molecule has 1 atom stereocenters. The number of hydrogen-bond donors (Lipinski definition) is 0. The second-order valence-corrected chi connectivity index (χ2v) is 5.32. The van der Waals surface area contributed by atoms with Crippen molar-refractivity contribution in [1.29, 1.82) is 0 Å². The molecule has 2 aromatic rings. The van der Waals surface area contributed by atoms with Crippen LogP contribution in [0, 0.1) is 12.9 Å². The number of carbonyl (C=O) groups excluding carboxylic acids is 1. The third-order valence-corrected chi connectivity index (χ3v) is 3.80. The van der Waals surface area contributed by atoms with Gasteiger partial charge in [0.2, 0.25) is 0 Å². The molecule has 1 aliphatic heterocycles. The van der Waals surface area contributed by atoms with E-state index < -0.39 is 23.7 Å². The molecule has 0 radical (unpaired) electrons. The Morgan fingerprint density at radius 2 is 2.26 bits per heavy atom. The molecule has 8 heteroatoms. The number of ether oxygens (including phenoxy) is 2. The highest BCUT2D eigenvalue weighted by molar-refractivity contribution is 6.04. The lowest BCUT2D eigenvalue weighted by molar-refractivity contribution is -0.0433. The van der Waals surface area contributed by atoms with E-state index in [0.29, 0.717) is 13.0 Å². The molecule has 1 aliphatic rings. The minimum absolute atomic E-state index is 0.0577. The number of nitrogens with zero attached hydrogens (tertiary/aromatic N) is 2. The van der Waals surface area contributed by atoms with Gasteiger partial charge in [-0.05, 0) is 33.1 Å². The predicted octanol–water partition coefficient (Wildman–Crippen LogP) is 2.31. The summed E-state index contributed by atoms with van der Waals surface area (Å²) in [5.74, 6) is -1.55. The minimum atomic E-state index is -0.951. The van der Waals surface area contributed by atoms with Gasteiger partial charge in [0, 0.05) is 6.61 Å².